The van der Waals surface area contributed by atoms with Crippen molar-refractivity contribution in [2.45, 2.75) is 99.6 Å². The molecular weight excluding hydrogens is 544 g/mol. The number of carbonyl (C=O) groups excluding carboxylic acids is 2. The average Bonchev–Trinajstić information content (AvgIpc) is 3.27. The highest BCUT2D eigenvalue weighted by Gasteiger charge is 2.50. The van der Waals surface area contributed by atoms with Gasteiger partial charge in [-0.2, -0.15) is 0 Å². The first-order valence-electron chi connectivity index (χ1n) is 16.0. The summed E-state index contributed by atoms with van der Waals surface area (Å²) >= 11 is 0. The van der Waals surface area contributed by atoms with Crippen molar-refractivity contribution in [3.63, 3.8) is 0 Å². The van der Waals surface area contributed by atoms with E-state index in [1.807, 2.05) is 60.7 Å². The van der Waals surface area contributed by atoms with Gasteiger partial charge >= 0.3 is 11.9 Å². The second-order valence-electron chi connectivity index (χ2n) is 13.4. The first-order chi connectivity index (χ1) is 20.7. The van der Waals surface area contributed by atoms with Crippen LogP contribution in [0.25, 0.3) is 0 Å². The van der Waals surface area contributed by atoms with Gasteiger partial charge in [0.1, 0.15) is 24.0 Å². The number of hydrogen-bond donors (Lipinski definition) is 2. The highest BCUT2D eigenvalue weighted by molar-refractivity contribution is 5.79. The van der Waals surface area contributed by atoms with E-state index in [1.165, 1.54) is 25.7 Å². The SMILES string of the molecule is CN1C2CCC1CC(OC(=O)C(CO)c1ccccc1)C2.C[N+]1(C)C2CCC1CC(OC(=O)C(CO)c1ccccc1)C2. The van der Waals surface area contributed by atoms with Crippen LogP contribution in [0.1, 0.15) is 74.3 Å². The lowest BCUT2D eigenvalue weighted by molar-refractivity contribution is -0.931. The minimum atomic E-state index is -0.566. The number of ether oxygens (including phenoxy) is 2. The molecule has 6 rings (SSSR count). The lowest BCUT2D eigenvalue weighted by Crippen LogP contribution is -2.56. The number of aliphatic hydroxyl groups excluding tert-OH is 2. The molecule has 8 nitrogen and oxygen atoms in total. The zero-order valence-corrected chi connectivity index (χ0v) is 25.9. The van der Waals surface area contributed by atoms with Crippen molar-refractivity contribution in [3.8, 4) is 0 Å². The van der Waals surface area contributed by atoms with Crippen molar-refractivity contribution in [1.29, 1.82) is 0 Å². The van der Waals surface area contributed by atoms with E-state index in [1.54, 1.807) is 0 Å². The average molecular weight is 594 g/mol. The molecule has 4 aliphatic rings. The number of quaternary nitrogens is 1. The summed E-state index contributed by atoms with van der Waals surface area (Å²) in [6, 6.07) is 21.1. The van der Waals surface area contributed by atoms with E-state index in [0.717, 1.165) is 41.3 Å². The molecule has 2 N–H and O–H groups in total. The maximum atomic E-state index is 12.5. The summed E-state index contributed by atoms with van der Waals surface area (Å²) in [5.41, 5.74) is 1.64. The van der Waals surface area contributed by atoms with E-state index in [9.17, 15) is 19.8 Å². The van der Waals surface area contributed by atoms with Crippen LogP contribution in [-0.4, -0.2) is 102 Å². The van der Waals surface area contributed by atoms with E-state index in [-0.39, 0.29) is 37.4 Å². The van der Waals surface area contributed by atoms with Gasteiger partial charge in [-0.05, 0) is 43.9 Å². The Morgan fingerprint density at radius 2 is 1.12 bits per heavy atom. The quantitative estimate of drug-likeness (QED) is 0.353. The van der Waals surface area contributed by atoms with Gasteiger partial charge in [0, 0.05) is 37.8 Å². The van der Waals surface area contributed by atoms with Gasteiger partial charge < -0.3 is 29.1 Å². The van der Waals surface area contributed by atoms with Crippen LogP contribution in [0.2, 0.25) is 0 Å². The maximum Gasteiger partial charge on any atom is 0.316 e. The van der Waals surface area contributed by atoms with E-state index in [2.05, 4.69) is 26.0 Å². The Bertz CT molecular complexity index is 1180. The van der Waals surface area contributed by atoms with Crippen molar-refractivity contribution >= 4 is 11.9 Å². The number of hydrogen-bond acceptors (Lipinski definition) is 7. The molecule has 43 heavy (non-hydrogen) atoms. The van der Waals surface area contributed by atoms with Crippen LogP contribution < -0.4 is 0 Å². The number of carbonyl (C=O) groups is 2. The van der Waals surface area contributed by atoms with Crippen LogP contribution in [-0.2, 0) is 19.1 Å². The first-order valence-corrected chi connectivity index (χ1v) is 16.0. The molecule has 6 atom stereocenters. The molecule has 4 bridgehead atoms. The molecule has 8 heteroatoms. The summed E-state index contributed by atoms with van der Waals surface area (Å²) in [5.74, 6) is -1.71. The summed E-state index contributed by atoms with van der Waals surface area (Å²) in [5, 5.41) is 19.1. The summed E-state index contributed by atoms with van der Waals surface area (Å²) in [4.78, 5) is 27.2. The molecule has 0 radical (unpaired) electrons. The van der Waals surface area contributed by atoms with Crippen molar-refractivity contribution < 1.29 is 33.8 Å². The third kappa shape index (κ3) is 7.14. The fourth-order valence-corrected chi connectivity index (χ4v) is 7.88. The second kappa shape index (κ2) is 13.9. The van der Waals surface area contributed by atoms with Crippen molar-refractivity contribution in [3.05, 3.63) is 71.8 Å². The summed E-state index contributed by atoms with van der Waals surface area (Å²) < 4.78 is 12.5. The molecule has 0 saturated carbocycles. The summed E-state index contributed by atoms with van der Waals surface area (Å²) in [6.07, 6.45) is 8.62. The number of aliphatic hydroxyl groups is 2. The minimum Gasteiger partial charge on any atom is -0.462 e. The number of esters is 2. The Balaban J connectivity index is 0.000000171. The molecule has 2 aromatic carbocycles. The molecule has 2 aromatic rings. The van der Waals surface area contributed by atoms with Crippen molar-refractivity contribution in [2.24, 2.45) is 0 Å². The van der Waals surface area contributed by atoms with Gasteiger partial charge in [-0.25, -0.2) is 0 Å². The molecular formula is C35H49N2O6+. The molecule has 0 amide bonds. The Kier molecular flexibility index (Phi) is 10.2. The Morgan fingerprint density at radius 3 is 1.51 bits per heavy atom. The van der Waals surface area contributed by atoms with Gasteiger partial charge in [-0.15, -0.1) is 0 Å². The standard InChI is InChI=1S/C18H26NO3.C17H23NO3/c1-19(2)14-8-9-15(19)11-16(10-14)22-18(21)17(12-20)13-6-4-3-5-7-13;1-18-13-7-8-14(18)10-15(9-13)21-17(20)16(11-19)12-5-3-2-4-6-12/h3-7,14-17,20H,8-12H2,1-2H3;2-6,13-16,19H,7-11H2,1H3/q+1;. The van der Waals surface area contributed by atoms with Gasteiger partial charge in [-0.1, -0.05) is 60.7 Å². The smallest absolute Gasteiger partial charge is 0.316 e. The third-order valence-corrected chi connectivity index (χ3v) is 10.7. The molecule has 0 aromatic heterocycles. The van der Waals surface area contributed by atoms with Crippen LogP contribution >= 0.6 is 0 Å². The van der Waals surface area contributed by atoms with Gasteiger partial charge in [0.05, 0.1) is 39.4 Å². The van der Waals surface area contributed by atoms with E-state index in [4.69, 9.17) is 9.47 Å². The third-order valence-electron chi connectivity index (χ3n) is 10.7. The minimum absolute atomic E-state index is 0.00367. The zero-order valence-electron chi connectivity index (χ0n) is 25.9. The molecule has 6 unspecified atom stereocenters. The lowest BCUT2D eigenvalue weighted by atomic mass is 9.96. The maximum absolute atomic E-state index is 12.5. The van der Waals surface area contributed by atoms with Crippen LogP contribution in [0.5, 0.6) is 0 Å². The predicted octanol–water partition coefficient (Wildman–Crippen LogP) is 4.01. The van der Waals surface area contributed by atoms with Gasteiger partial charge in [0.2, 0.25) is 0 Å². The van der Waals surface area contributed by atoms with Crippen molar-refractivity contribution in [1.82, 2.24) is 4.90 Å². The molecule has 234 valence electrons. The normalized spacial score (nSPS) is 30.4. The summed E-state index contributed by atoms with van der Waals surface area (Å²) in [7, 11) is 6.75. The predicted molar refractivity (Wildman–Crippen MR) is 164 cm³/mol. The molecule has 4 aliphatic heterocycles. The van der Waals surface area contributed by atoms with Gasteiger partial charge in [0.25, 0.3) is 0 Å². The molecule has 4 saturated heterocycles. The number of rotatable bonds is 8. The number of nitrogens with zero attached hydrogens (tertiary/aromatic N) is 2. The Labute approximate surface area is 256 Å². The fraction of sp³-hybridized carbons (Fsp3) is 0.600. The lowest BCUT2D eigenvalue weighted by Gasteiger charge is -2.44. The van der Waals surface area contributed by atoms with Crippen LogP contribution in [0.3, 0.4) is 0 Å². The fourth-order valence-electron chi connectivity index (χ4n) is 7.88. The monoisotopic (exact) mass is 593 g/mol. The Morgan fingerprint density at radius 1 is 0.721 bits per heavy atom. The summed E-state index contributed by atoms with van der Waals surface area (Å²) in [6.45, 7) is -0.410. The van der Waals surface area contributed by atoms with Crippen molar-refractivity contribution in [2.75, 3.05) is 34.4 Å². The number of fused-ring (bicyclic) bond motifs is 4. The van der Waals surface area contributed by atoms with E-state index in [0.29, 0.717) is 24.2 Å². The highest BCUT2D eigenvalue weighted by Crippen LogP contribution is 2.41. The van der Waals surface area contributed by atoms with Crippen LogP contribution in [0, 0.1) is 0 Å². The first kappa shape index (κ1) is 31.6. The molecule has 4 fully saturated rings. The largest absolute Gasteiger partial charge is 0.462 e. The van der Waals surface area contributed by atoms with E-state index < -0.39 is 11.8 Å². The van der Waals surface area contributed by atoms with Gasteiger partial charge in [0.15, 0.2) is 0 Å². The topological polar surface area (TPSA) is 96.3 Å². The van der Waals surface area contributed by atoms with E-state index >= 15 is 0 Å². The molecule has 0 spiro atoms. The molecule has 0 aliphatic carbocycles. The van der Waals surface area contributed by atoms with Crippen LogP contribution in [0.15, 0.2) is 60.7 Å². The highest BCUT2D eigenvalue weighted by atomic mass is 16.5. The molecule has 4 heterocycles. The van der Waals surface area contributed by atoms with Gasteiger partial charge in [-0.3, -0.25) is 9.59 Å². The number of piperidine rings is 2. The second-order valence-corrected chi connectivity index (χ2v) is 13.4. The van der Waals surface area contributed by atoms with Crippen LogP contribution in [0.4, 0.5) is 0 Å². The number of benzene rings is 2. The zero-order chi connectivity index (χ0) is 30.6. The Hall–Kier alpha value is -2.78.